The Morgan fingerprint density at radius 2 is 1.47 bits per heavy atom. The number of rotatable bonds is 14. The molecule has 198 valence electrons. The molecule has 3 rings (SSSR count). The van der Waals surface area contributed by atoms with Crippen LogP contribution in [0, 0.1) is 0 Å². The molecular weight excluding hydrogens is 496 g/mol. The molecule has 38 heavy (non-hydrogen) atoms. The summed E-state index contributed by atoms with van der Waals surface area (Å²) in [4.78, 5) is 57.5. The number of ether oxygens (including phenoxy) is 1. The number of hydrogen-bond acceptors (Lipinski definition) is 7. The number of ketones is 1. The Morgan fingerprint density at radius 1 is 0.816 bits per heavy atom. The molecule has 3 aromatic rings. The zero-order valence-corrected chi connectivity index (χ0v) is 20.1. The van der Waals surface area contributed by atoms with E-state index in [4.69, 9.17) is 20.1 Å². The molecule has 5 N–H and O–H groups in total. The van der Waals surface area contributed by atoms with Crippen LogP contribution in [0.4, 0.5) is 0 Å². The summed E-state index contributed by atoms with van der Waals surface area (Å²) >= 11 is 0. The zero-order chi connectivity index (χ0) is 27.7. The van der Waals surface area contributed by atoms with E-state index in [0.717, 1.165) is 16.3 Å². The normalized spacial score (nSPS) is 11.6. The maximum Gasteiger partial charge on any atom is 0.372 e. The molecule has 0 aromatic heterocycles. The third-order valence-corrected chi connectivity index (χ3v) is 5.70. The summed E-state index contributed by atoms with van der Waals surface area (Å²) in [6.07, 6.45) is -2.23. The molecule has 0 aliphatic carbocycles. The fourth-order valence-corrected chi connectivity index (χ4v) is 3.76. The summed E-state index contributed by atoms with van der Waals surface area (Å²) < 4.78 is 4.99. The van der Waals surface area contributed by atoms with Crippen molar-refractivity contribution in [1.29, 1.82) is 0 Å². The summed E-state index contributed by atoms with van der Waals surface area (Å²) in [6.45, 7) is 0.197. The number of carbonyl (C=O) groups is 5. The average molecular weight is 523 g/mol. The van der Waals surface area contributed by atoms with E-state index in [2.05, 4.69) is 10.6 Å². The Bertz CT molecular complexity index is 1320. The molecule has 0 heterocycles. The van der Waals surface area contributed by atoms with E-state index in [9.17, 15) is 24.0 Å². The largest absolute Gasteiger partial charge is 0.478 e. The number of nitrogens with one attached hydrogen (secondary N) is 2. The second kappa shape index (κ2) is 13.0. The van der Waals surface area contributed by atoms with Crippen LogP contribution in [0.3, 0.4) is 0 Å². The molecule has 0 bridgehead atoms. The van der Waals surface area contributed by atoms with Gasteiger partial charge in [-0.1, -0.05) is 54.6 Å². The highest BCUT2D eigenvalue weighted by Crippen LogP contribution is 2.19. The number of hydrogen-bond donors (Lipinski definition) is 5. The van der Waals surface area contributed by atoms with Crippen LogP contribution >= 0.6 is 0 Å². The standard InChI is InChI=1S/C27H26N2O9/c30-22(25(32)33)12-13-28-21(14-16-8-10-19(11-9-16)38-23(26(34)35)27(36)37)24(31)29-15-18-6-3-5-17-4-1-2-7-20(17)18/h1-11,21,23,28H,12-15H2,(H,29,31)(H,32,33)(H,34,35)(H,36,37). The van der Waals surface area contributed by atoms with Crippen LogP contribution in [0.2, 0.25) is 0 Å². The van der Waals surface area contributed by atoms with Crippen molar-refractivity contribution in [3.63, 3.8) is 0 Å². The second-order valence-corrected chi connectivity index (χ2v) is 8.36. The average Bonchev–Trinajstić information content (AvgIpc) is 2.90. The Labute approximate surface area is 217 Å². The predicted molar refractivity (Wildman–Crippen MR) is 135 cm³/mol. The highest BCUT2D eigenvalue weighted by molar-refractivity contribution is 6.32. The van der Waals surface area contributed by atoms with Gasteiger partial charge in [-0.25, -0.2) is 14.4 Å². The number of aliphatic carboxylic acids is 3. The van der Waals surface area contributed by atoms with Gasteiger partial charge in [-0.15, -0.1) is 0 Å². The van der Waals surface area contributed by atoms with Crippen LogP contribution in [0.25, 0.3) is 10.8 Å². The first-order chi connectivity index (χ1) is 18.2. The highest BCUT2D eigenvalue weighted by Gasteiger charge is 2.28. The molecule has 1 atom stereocenters. The fourth-order valence-electron chi connectivity index (χ4n) is 3.76. The van der Waals surface area contributed by atoms with Crippen molar-refractivity contribution < 1.29 is 44.0 Å². The molecule has 0 fully saturated rings. The van der Waals surface area contributed by atoms with Gasteiger partial charge in [0.2, 0.25) is 11.7 Å². The number of Topliss-reactive ketones (excluding diaryl/α,β-unsaturated/α-hetero) is 1. The molecule has 11 heteroatoms. The van der Waals surface area contributed by atoms with Gasteiger partial charge in [0.05, 0.1) is 6.04 Å². The van der Waals surface area contributed by atoms with Crippen molar-refractivity contribution in [3.05, 3.63) is 77.9 Å². The lowest BCUT2D eigenvalue weighted by atomic mass is 10.0. The predicted octanol–water partition coefficient (Wildman–Crippen LogP) is 1.62. The smallest absolute Gasteiger partial charge is 0.372 e. The maximum absolute atomic E-state index is 13.1. The summed E-state index contributed by atoms with van der Waals surface area (Å²) in [5.74, 6) is -6.20. The lowest BCUT2D eigenvalue weighted by Gasteiger charge is -2.19. The Hall–Kier alpha value is -4.77. The van der Waals surface area contributed by atoms with E-state index in [1.807, 2.05) is 42.5 Å². The van der Waals surface area contributed by atoms with Crippen LogP contribution in [-0.2, 0) is 36.9 Å². The molecule has 0 saturated carbocycles. The molecule has 0 saturated heterocycles. The van der Waals surface area contributed by atoms with Crippen molar-refractivity contribution in [3.8, 4) is 5.75 Å². The van der Waals surface area contributed by atoms with Crippen LogP contribution < -0.4 is 15.4 Å². The van der Waals surface area contributed by atoms with Gasteiger partial charge >= 0.3 is 17.9 Å². The Kier molecular flexibility index (Phi) is 9.49. The minimum Gasteiger partial charge on any atom is -0.478 e. The van der Waals surface area contributed by atoms with Crippen molar-refractivity contribution >= 4 is 40.4 Å². The summed E-state index contributed by atoms with van der Waals surface area (Å²) in [5, 5.41) is 34.5. The highest BCUT2D eigenvalue weighted by atomic mass is 16.5. The molecule has 0 spiro atoms. The lowest BCUT2D eigenvalue weighted by molar-refractivity contribution is -0.159. The first-order valence-corrected chi connectivity index (χ1v) is 11.6. The van der Waals surface area contributed by atoms with E-state index in [1.165, 1.54) is 12.1 Å². The molecule has 0 aliphatic rings. The second-order valence-electron chi connectivity index (χ2n) is 8.36. The van der Waals surface area contributed by atoms with Crippen LogP contribution in [0.15, 0.2) is 66.7 Å². The Balaban J connectivity index is 1.70. The number of fused-ring (bicyclic) bond motifs is 1. The molecular formula is C27H26N2O9. The van der Waals surface area contributed by atoms with Crippen molar-refractivity contribution in [1.82, 2.24) is 10.6 Å². The van der Waals surface area contributed by atoms with E-state index < -0.39 is 35.8 Å². The van der Waals surface area contributed by atoms with Crippen molar-refractivity contribution in [2.45, 2.75) is 31.5 Å². The van der Waals surface area contributed by atoms with E-state index in [-0.39, 0.29) is 37.6 Å². The molecule has 0 radical (unpaired) electrons. The van der Waals surface area contributed by atoms with Gasteiger partial charge in [-0.05, 0) is 40.5 Å². The lowest BCUT2D eigenvalue weighted by Crippen LogP contribution is -2.46. The topological polar surface area (TPSA) is 179 Å². The van der Waals surface area contributed by atoms with Gasteiger partial charge in [0, 0.05) is 19.5 Å². The summed E-state index contributed by atoms with van der Waals surface area (Å²) in [7, 11) is 0. The van der Waals surface area contributed by atoms with Gasteiger partial charge in [0.25, 0.3) is 6.10 Å². The van der Waals surface area contributed by atoms with Gasteiger partial charge in [0.15, 0.2) is 0 Å². The van der Waals surface area contributed by atoms with E-state index in [1.54, 1.807) is 12.1 Å². The number of carbonyl (C=O) groups excluding carboxylic acids is 2. The molecule has 1 unspecified atom stereocenters. The number of benzene rings is 3. The van der Waals surface area contributed by atoms with E-state index >= 15 is 0 Å². The third-order valence-electron chi connectivity index (χ3n) is 5.70. The first-order valence-electron chi connectivity index (χ1n) is 11.6. The molecule has 11 nitrogen and oxygen atoms in total. The first kappa shape index (κ1) is 27.8. The van der Waals surface area contributed by atoms with Crippen molar-refractivity contribution in [2.75, 3.05) is 6.54 Å². The van der Waals surface area contributed by atoms with E-state index in [0.29, 0.717) is 5.56 Å². The minimum atomic E-state index is -2.07. The van der Waals surface area contributed by atoms with Gasteiger partial charge in [0.1, 0.15) is 5.75 Å². The van der Waals surface area contributed by atoms with Crippen molar-refractivity contribution in [2.24, 2.45) is 0 Å². The summed E-state index contributed by atoms with van der Waals surface area (Å²) in [5.41, 5.74) is 1.53. The molecule has 0 aliphatic heterocycles. The van der Waals surface area contributed by atoms with Gasteiger partial charge in [-0.3, -0.25) is 9.59 Å². The number of carboxylic acid groups (broad SMARTS) is 3. The summed E-state index contributed by atoms with van der Waals surface area (Å²) in [6, 6.07) is 18.5. The van der Waals surface area contributed by atoms with Gasteiger partial charge in [-0.2, -0.15) is 0 Å². The van der Waals surface area contributed by atoms with Crippen LogP contribution in [0.5, 0.6) is 5.75 Å². The molecule has 3 aromatic carbocycles. The minimum absolute atomic E-state index is 0.0144. The SMILES string of the molecule is O=C(O)C(=O)CCNC(Cc1ccc(OC(C(=O)O)C(=O)O)cc1)C(=O)NCc1cccc2ccccc12. The monoisotopic (exact) mass is 522 g/mol. The van der Waals surface area contributed by atoms with Gasteiger partial charge < -0.3 is 30.7 Å². The number of carboxylic acids is 3. The number of amides is 1. The third kappa shape index (κ3) is 7.61. The van der Waals surface area contributed by atoms with Crippen LogP contribution in [-0.4, -0.2) is 63.6 Å². The maximum atomic E-state index is 13.1. The molecule has 1 amide bonds. The van der Waals surface area contributed by atoms with Crippen LogP contribution in [0.1, 0.15) is 17.5 Å². The quantitative estimate of drug-likeness (QED) is 0.154. The Morgan fingerprint density at radius 3 is 2.13 bits per heavy atom. The zero-order valence-electron chi connectivity index (χ0n) is 20.1. The fraction of sp³-hybridized carbons (Fsp3) is 0.222.